The number of aryl methyl sites for hydroxylation is 1. The SMILES string of the molecule is Cc1cccnc1N1CCC(C(=O)N2CCC(N3CCCC3)CC2)CC1. The van der Waals surface area contributed by atoms with Gasteiger partial charge in [-0.1, -0.05) is 6.07 Å². The molecule has 0 N–H and O–H groups in total. The van der Waals surface area contributed by atoms with Crippen molar-refractivity contribution in [3.63, 3.8) is 0 Å². The molecule has 0 atom stereocenters. The van der Waals surface area contributed by atoms with E-state index < -0.39 is 0 Å². The Kier molecular flexibility index (Phi) is 5.44. The molecule has 1 amide bonds. The Morgan fingerprint density at radius 2 is 1.69 bits per heavy atom. The highest BCUT2D eigenvalue weighted by Gasteiger charge is 2.33. The summed E-state index contributed by atoms with van der Waals surface area (Å²) in [6.07, 6.45) is 8.82. The molecule has 0 radical (unpaired) electrons. The molecule has 3 aliphatic rings. The quantitative estimate of drug-likeness (QED) is 0.835. The molecule has 3 aliphatic heterocycles. The predicted molar refractivity (Wildman–Crippen MR) is 104 cm³/mol. The number of hydrogen-bond donors (Lipinski definition) is 0. The van der Waals surface area contributed by atoms with E-state index in [9.17, 15) is 4.79 Å². The summed E-state index contributed by atoms with van der Waals surface area (Å²) in [6.45, 7) is 8.45. The molecule has 1 aromatic heterocycles. The molecule has 3 saturated heterocycles. The largest absolute Gasteiger partial charge is 0.356 e. The number of piperidine rings is 2. The summed E-state index contributed by atoms with van der Waals surface area (Å²) in [6, 6.07) is 4.82. The number of hydrogen-bond acceptors (Lipinski definition) is 4. The van der Waals surface area contributed by atoms with Gasteiger partial charge in [0, 0.05) is 44.3 Å². The Hall–Kier alpha value is -1.62. The Morgan fingerprint density at radius 1 is 1.00 bits per heavy atom. The van der Waals surface area contributed by atoms with Gasteiger partial charge in [-0.3, -0.25) is 4.79 Å². The van der Waals surface area contributed by atoms with Gasteiger partial charge < -0.3 is 14.7 Å². The maximum absolute atomic E-state index is 13.0. The van der Waals surface area contributed by atoms with Crippen LogP contribution in [0.15, 0.2) is 18.3 Å². The molecule has 4 rings (SSSR count). The summed E-state index contributed by atoms with van der Waals surface area (Å²) in [7, 11) is 0. The number of amides is 1. The van der Waals surface area contributed by atoms with Gasteiger partial charge in [0.15, 0.2) is 0 Å². The second-order valence-electron chi connectivity index (χ2n) is 8.20. The molecule has 0 aromatic carbocycles. The molecule has 5 nitrogen and oxygen atoms in total. The molecule has 0 spiro atoms. The summed E-state index contributed by atoms with van der Waals surface area (Å²) in [5.41, 5.74) is 1.22. The van der Waals surface area contributed by atoms with Crippen molar-refractivity contribution in [1.29, 1.82) is 0 Å². The van der Waals surface area contributed by atoms with Gasteiger partial charge in [0.1, 0.15) is 5.82 Å². The first-order valence-electron chi connectivity index (χ1n) is 10.4. The smallest absolute Gasteiger partial charge is 0.225 e. The maximum Gasteiger partial charge on any atom is 0.225 e. The highest BCUT2D eigenvalue weighted by atomic mass is 16.2. The lowest BCUT2D eigenvalue weighted by Gasteiger charge is -2.39. The predicted octanol–water partition coefficient (Wildman–Crippen LogP) is 2.69. The molecule has 26 heavy (non-hydrogen) atoms. The van der Waals surface area contributed by atoms with E-state index in [-0.39, 0.29) is 5.92 Å². The van der Waals surface area contributed by atoms with Gasteiger partial charge in [0.05, 0.1) is 0 Å². The van der Waals surface area contributed by atoms with Gasteiger partial charge in [-0.05, 0) is 70.2 Å². The van der Waals surface area contributed by atoms with E-state index in [4.69, 9.17) is 0 Å². The first-order valence-corrected chi connectivity index (χ1v) is 10.4. The fraction of sp³-hybridized carbons (Fsp3) is 0.714. The zero-order valence-corrected chi connectivity index (χ0v) is 16.1. The number of nitrogens with zero attached hydrogens (tertiary/aromatic N) is 4. The first kappa shape index (κ1) is 17.8. The lowest BCUT2D eigenvalue weighted by Crippen LogP contribution is -2.49. The highest BCUT2D eigenvalue weighted by Crippen LogP contribution is 2.27. The van der Waals surface area contributed by atoms with Gasteiger partial charge in [0.2, 0.25) is 5.91 Å². The molecule has 1 aromatic rings. The van der Waals surface area contributed by atoms with Gasteiger partial charge in [0.25, 0.3) is 0 Å². The van der Waals surface area contributed by atoms with Crippen LogP contribution in [-0.2, 0) is 4.79 Å². The van der Waals surface area contributed by atoms with Crippen molar-refractivity contribution < 1.29 is 4.79 Å². The molecular weight excluding hydrogens is 324 g/mol. The van der Waals surface area contributed by atoms with E-state index in [0.29, 0.717) is 5.91 Å². The van der Waals surface area contributed by atoms with Crippen LogP contribution in [0.25, 0.3) is 0 Å². The minimum absolute atomic E-state index is 0.207. The molecule has 3 fully saturated rings. The zero-order valence-electron chi connectivity index (χ0n) is 16.1. The fourth-order valence-corrected chi connectivity index (χ4v) is 4.96. The van der Waals surface area contributed by atoms with E-state index in [1.54, 1.807) is 0 Å². The van der Waals surface area contributed by atoms with Crippen molar-refractivity contribution in [2.75, 3.05) is 44.2 Å². The molecule has 0 bridgehead atoms. The van der Waals surface area contributed by atoms with Crippen LogP contribution in [0, 0.1) is 12.8 Å². The summed E-state index contributed by atoms with van der Waals surface area (Å²) in [4.78, 5) is 24.6. The Morgan fingerprint density at radius 3 is 2.35 bits per heavy atom. The summed E-state index contributed by atoms with van der Waals surface area (Å²) in [5.74, 6) is 1.70. The van der Waals surface area contributed by atoms with Crippen LogP contribution >= 0.6 is 0 Å². The Balaban J connectivity index is 1.27. The lowest BCUT2D eigenvalue weighted by molar-refractivity contribution is -0.137. The van der Waals surface area contributed by atoms with Crippen molar-refractivity contribution in [2.24, 2.45) is 5.92 Å². The molecule has 5 heteroatoms. The van der Waals surface area contributed by atoms with Crippen LogP contribution < -0.4 is 4.90 Å². The molecule has 142 valence electrons. The number of aromatic nitrogens is 1. The lowest BCUT2D eigenvalue weighted by atomic mass is 9.93. The summed E-state index contributed by atoms with van der Waals surface area (Å²) >= 11 is 0. The number of anilines is 1. The van der Waals surface area contributed by atoms with Crippen LogP contribution in [0.5, 0.6) is 0 Å². The molecule has 0 aliphatic carbocycles. The summed E-state index contributed by atoms with van der Waals surface area (Å²) in [5, 5.41) is 0. The molecule has 0 saturated carbocycles. The first-order chi connectivity index (χ1) is 12.7. The Bertz CT molecular complexity index is 612. The second kappa shape index (κ2) is 7.95. The zero-order chi connectivity index (χ0) is 17.9. The van der Waals surface area contributed by atoms with Crippen LogP contribution in [0.3, 0.4) is 0 Å². The minimum atomic E-state index is 0.207. The fourth-order valence-electron chi connectivity index (χ4n) is 4.96. The van der Waals surface area contributed by atoms with Gasteiger partial charge in [-0.15, -0.1) is 0 Å². The van der Waals surface area contributed by atoms with Crippen LogP contribution in [0.4, 0.5) is 5.82 Å². The molecule has 0 unspecified atom stereocenters. The van der Waals surface area contributed by atoms with Gasteiger partial charge >= 0.3 is 0 Å². The maximum atomic E-state index is 13.0. The normalized spacial score (nSPS) is 23.6. The topological polar surface area (TPSA) is 39.7 Å². The van der Waals surface area contributed by atoms with E-state index >= 15 is 0 Å². The number of pyridine rings is 1. The third-order valence-electron chi connectivity index (χ3n) is 6.56. The van der Waals surface area contributed by atoms with Crippen LogP contribution in [-0.4, -0.2) is 66.0 Å². The van der Waals surface area contributed by atoms with Crippen molar-refractivity contribution in [3.05, 3.63) is 23.9 Å². The average Bonchev–Trinajstić information content (AvgIpc) is 3.23. The third-order valence-corrected chi connectivity index (χ3v) is 6.56. The standard InChI is InChI=1S/C21H32N4O/c1-17-5-4-10-22-20(17)24-13-6-18(7-14-24)21(26)25-15-8-19(9-16-25)23-11-2-3-12-23/h4-5,10,18-19H,2-3,6-9,11-16H2,1H3. The summed E-state index contributed by atoms with van der Waals surface area (Å²) < 4.78 is 0. The van der Waals surface area contributed by atoms with Crippen molar-refractivity contribution >= 4 is 11.7 Å². The number of carbonyl (C=O) groups is 1. The van der Waals surface area contributed by atoms with E-state index in [1.165, 1.54) is 31.5 Å². The molecule has 4 heterocycles. The van der Waals surface area contributed by atoms with Crippen molar-refractivity contribution in [1.82, 2.24) is 14.8 Å². The Labute approximate surface area is 157 Å². The van der Waals surface area contributed by atoms with E-state index in [2.05, 4.69) is 32.7 Å². The number of likely N-dealkylation sites (tertiary alicyclic amines) is 2. The van der Waals surface area contributed by atoms with Gasteiger partial charge in [-0.2, -0.15) is 0 Å². The van der Waals surface area contributed by atoms with Crippen LogP contribution in [0.2, 0.25) is 0 Å². The third kappa shape index (κ3) is 3.73. The second-order valence-corrected chi connectivity index (χ2v) is 8.20. The highest BCUT2D eigenvalue weighted by molar-refractivity contribution is 5.79. The van der Waals surface area contributed by atoms with E-state index in [1.807, 2.05) is 12.3 Å². The van der Waals surface area contributed by atoms with E-state index in [0.717, 1.165) is 63.7 Å². The molecular formula is C21H32N4O. The minimum Gasteiger partial charge on any atom is -0.356 e. The van der Waals surface area contributed by atoms with Crippen molar-refractivity contribution in [3.8, 4) is 0 Å². The number of rotatable bonds is 3. The van der Waals surface area contributed by atoms with Gasteiger partial charge in [-0.25, -0.2) is 4.98 Å². The monoisotopic (exact) mass is 356 g/mol. The average molecular weight is 357 g/mol. The van der Waals surface area contributed by atoms with Crippen LogP contribution in [0.1, 0.15) is 44.1 Å². The number of carbonyl (C=O) groups excluding carboxylic acids is 1. The van der Waals surface area contributed by atoms with Crippen molar-refractivity contribution in [2.45, 2.75) is 51.5 Å².